The number of carbonyl (C=O) groups is 1. The minimum Gasteiger partial charge on any atom is -0.384 e. The van der Waals surface area contributed by atoms with E-state index in [1.165, 1.54) is 0 Å². The fourth-order valence-electron chi connectivity index (χ4n) is 2.76. The number of rotatable bonds is 7. The molecule has 0 aliphatic carbocycles. The summed E-state index contributed by atoms with van der Waals surface area (Å²) in [7, 11) is 1.63. The SMILES string of the molecule is COCCc1noc(CO[C@H]2CCCN(C(=O)c3cccnc3)C2)n1. The predicted molar refractivity (Wildman–Crippen MR) is 87.8 cm³/mol. The number of ether oxygens (including phenoxy) is 2. The van der Waals surface area contributed by atoms with Crippen molar-refractivity contribution in [2.45, 2.75) is 32.0 Å². The molecular weight excluding hydrogens is 324 g/mol. The minimum absolute atomic E-state index is 0.0129. The first kappa shape index (κ1) is 17.5. The first-order chi connectivity index (χ1) is 12.3. The van der Waals surface area contributed by atoms with Crippen LogP contribution in [-0.4, -0.2) is 58.8 Å². The van der Waals surface area contributed by atoms with Crippen molar-refractivity contribution in [1.29, 1.82) is 0 Å². The molecule has 1 aliphatic heterocycles. The van der Waals surface area contributed by atoms with Gasteiger partial charge < -0.3 is 18.9 Å². The first-order valence-electron chi connectivity index (χ1n) is 8.37. The number of amides is 1. The molecule has 1 amide bonds. The Balaban J connectivity index is 1.50. The van der Waals surface area contributed by atoms with Gasteiger partial charge in [0.1, 0.15) is 6.61 Å². The Labute approximate surface area is 146 Å². The van der Waals surface area contributed by atoms with Crippen molar-refractivity contribution in [3.63, 3.8) is 0 Å². The lowest BCUT2D eigenvalue weighted by Gasteiger charge is -2.32. The van der Waals surface area contributed by atoms with Crippen LogP contribution in [-0.2, 0) is 22.5 Å². The highest BCUT2D eigenvalue weighted by Crippen LogP contribution is 2.17. The maximum absolute atomic E-state index is 12.5. The molecule has 0 N–H and O–H groups in total. The second kappa shape index (κ2) is 8.68. The molecule has 2 aromatic heterocycles. The molecule has 8 nitrogen and oxygen atoms in total. The quantitative estimate of drug-likeness (QED) is 0.750. The molecule has 0 radical (unpaired) electrons. The van der Waals surface area contributed by atoms with Gasteiger partial charge in [0.15, 0.2) is 5.82 Å². The molecule has 1 atom stereocenters. The summed E-state index contributed by atoms with van der Waals surface area (Å²) in [4.78, 5) is 22.6. The topological polar surface area (TPSA) is 90.6 Å². The summed E-state index contributed by atoms with van der Waals surface area (Å²) >= 11 is 0. The van der Waals surface area contributed by atoms with Gasteiger partial charge in [-0.25, -0.2) is 0 Å². The Morgan fingerprint density at radius 1 is 1.48 bits per heavy atom. The number of methoxy groups -OCH3 is 1. The molecule has 1 fully saturated rings. The highest BCUT2D eigenvalue weighted by molar-refractivity contribution is 5.93. The van der Waals surface area contributed by atoms with Crippen molar-refractivity contribution in [3.8, 4) is 0 Å². The van der Waals surface area contributed by atoms with Gasteiger partial charge in [-0.1, -0.05) is 5.16 Å². The minimum atomic E-state index is -0.0382. The average Bonchev–Trinajstić information content (AvgIpc) is 3.13. The van der Waals surface area contributed by atoms with Gasteiger partial charge in [0.05, 0.1) is 18.3 Å². The van der Waals surface area contributed by atoms with E-state index in [0.29, 0.717) is 36.9 Å². The number of pyridine rings is 1. The number of carbonyl (C=O) groups excluding carboxylic acids is 1. The van der Waals surface area contributed by atoms with Gasteiger partial charge in [0.25, 0.3) is 11.8 Å². The lowest BCUT2D eigenvalue weighted by atomic mass is 10.1. The molecule has 1 aliphatic rings. The molecule has 25 heavy (non-hydrogen) atoms. The fraction of sp³-hybridized carbons (Fsp3) is 0.529. The molecule has 3 rings (SSSR count). The Morgan fingerprint density at radius 3 is 3.20 bits per heavy atom. The number of nitrogens with zero attached hydrogens (tertiary/aromatic N) is 4. The summed E-state index contributed by atoms with van der Waals surface area (Å²) in [6, 6.07) is 3.54. The second-order valence-electron chi connectivity index (χ2n) is 5.92. The highest BCUT2D eigenvalue weighted by atomic mass is 16.5. The largest absolute Gasteiger partial charge is 0.384 e. The highest BCUT2D eigenvalue weighted by Gasteiger charge is 2.25. The second-order valence-corrected chi connectivity index (χ2v) is 5.92. The van der Waals surface area contributed by atoms with Gasteiger partial charge in [-0.15, -0.1) is 0 Å². The van der Waals surface area contributed by atoms with E-state index in [0.717, 1.165) is 19.4 Å². The summed E-state index contributed by atoms with van der Waals surface area (Å²) in [6.45, 7) is 2.08. The van der Waals surface area contributed by atoms with Crippen LogP contribution in [0.5, 0.6) is 0 Å². The number of hydrogen-bond acceptors (Lipinski definition) is 7. The predicted octanol–water partition coefficient (Wildman–Crippen LogP) is 1.47. The van der Waals surface area contributed by atoms with E-state index >= 15 is 0 Å². The zero-order valence-corrected chi connectivity index (χ0v) is 14.3. The van der Waals surface area contributed by atoms with Crippen LogP contribution >= 0.6 is 0 Å². The zero-order valence-electron chi connectivity index (χ0n) is 14.3. The van der Waals surface area contributed by atoms with Crippen molar-refractivity contribution in [3.05, 3.63) is 41.8 Å². The van der Waals surface area contributed by atoms with E-state index in [1.54, 1.807) is 31.6 Å². The lowest BCUT2D eigenvalue weighted by molar-refractivity contribution is -0.0153. The summed E-state index contributed by atoms with van der Waals surface area (Å²) in [5.41, 5.74) is 0.600. The van der Waals surface area contributed by atoms with Crippen molar-refractivity contribution in [2.75, 3.05) is 26.8 Å². The summed E-state index contributed by atoms with van der Waals surface area (Å²) < 4.78 is 16.0. The Hall–Kier alpha value is -2.32. The third-order valence-electron chi connectivity index (χ3n) is 4.06. The molecule has 134 valence electrons. The van der Waals surface area contributed by atoms with E-state index in [-0.39, 0.29) is 18.6 Å². The Morgan fingerprint density at radius 2 is 2.40 bits per heavy atom. The van der Waals surface area contributed by atoms with Crippen LogP contribution in [0.15, 0.2) is 29.0 Å². The van der Waals surface area contributed by atoms with Gasteiger partial charge >= 0.3 is 0 Å². The fourth-order valence-corrected chi connectivity index (χ4v) is 2.76. The van der Waals surface area contributed by atoms with Gasteiger partial charge in [0, 0.05) is 39.0 Å². The molecule has 0 aromatic carbocycles. The van der Waals surface area contributed by atoms with Crippen LogP contribution < -0.4 is 0 Å². The van der Waals surface area contributed by atoms with Crippen LogP contribution in [0.25, 0.3) is 0 Å². The smallest absolute Gasteiger partial charge is 0.255 e. The summed E-state index contributed by atoms with van der Waals surface area (Å²) in [5.74, 6) is 1.04. The monoisotopic (exact) mass is 346 g/mol. The molecular formula is C17H22N4O4. The molecule has 0 saturated carbocycles. The van der Waals surface area contributed by atoms with E-state index in [9.17, 15) is 4.79 Å². The van der Waals surface area contributed by atoms with Crippen LogP contribution in [0.4, 0.5) is 0 Å². The first-order valence-corrected chi connectivity index (χ1v) is 8.37. The molecule has 3 heterocycles. The van der Waals surface area contributed by atoms with Gasteiger partial charge in [-0.05, 0) is 25.0 Å². The van der Waals surface area contributed by atoms with Gasteiger partial charge in [0.2, 0.25) is 0 Å². The van der Waals surface area contributed by atoms with Gasteiger partial charge in [-0.3, -0.25) is 9.78 Å². The van der Waals surface area contributed by atoms with Crippen molar-refractivity contribution < 1.29 is 18.8 Å². The van der Waals surface area contributed by atoms with Gasteiger partial charge in [-0.2, -0.15) is 4.98 Å². The number of piperidine rings is 1. The van der Waals surface area contributed by atoms with Crippen molar-refractivity contribution in [2.24, 2.45) is 0 Å². The van der Waals surface area contributed by atoms with E-state index in [1.807, 2.05) is 4.90 Å². The molecule has 0 spiro atoms. The number of likely N-dealkylation sites (tertiary alicyclic amines) is 1. The van der Waals surface area contributed by atoms with E-state index < -0.39 is 0 Å². The van der Waals surface area contributed by atoms with Crippen LogP contribution in [0.1, 0.15) is 34.9 Å². The molecule has 1 saturated heterocycles. The maximum Gasteiger partial charge on any atom is 0.255 e. The Kier molecular flexibility index (Phi) is 6.08. The molecule has 0 unspecified atom stereocenters. The Bertz CT molecular complexity index is 676. The molecule has 2 aromatic rings. The standard InChI is InChI=1S/C17H22N4O4/c1-23-9-6-15-19-16(25-20-15)12-24-14-5-3-8-21(11-14)17(22)13-4-2-7-18-10-13/h2,4,7,10,14H,3,5-6,8-9,11-12H2,1H3/t14-/m0/s1. The van der Waals surface area contributed by atoms with E-state index in [2.05, 4.69) is 15.1 Å². The van der Waals surface area contributed by atoms with Crippen LogP contribution in [0.3, 0.4) is 0 Å². The maximum atomic E-state index is 12.5. The summed E-state index contributed by atoms with van der Waals surface area (Å²) in [6.07, 6.45) is 5.62. The average molecular weight is 346 g/mol. The van der Waals surface area contributed by atoms with Crippen LogP contribution in [0.2, 0.25) is 0 Å². The van der Waals surface area contributed by atoms with Crippen molar-refractivity contribution >= 4 is 5.91 Å². The van der Waals surface area contributed by atoms with Crippen LogP contribution in [0, 0.1) is 0 Å². The van der Waals surface area contributed by atoms with Crippen molar-refractivity contribution in [1.82, 2.24) is 20.0 Å². The third-order valence-corrected chi connectivity index (χ3v) is 4.06. The number of hydrogen-bond donors (Lipinski definition) is 0. The molecule has 0 bridgehead atoms. The molecule has 8 heteroatoms. The third kappa shape index (κ3) is 4.83. The number of aromatic nitrogens is 3. The lowest BCUT2D eigenvalue weighted by Crippen LogP contribution is -2.43. The van der Waals surface area contributed by atoms with E-state index in [4.69, 9.17) is 14.0 Å². The zero-order chi connectivity index (χ0) is 17.5. The summed E-state index contributed by atoms with van der Waals surface area (Å²) in [5, 5.41) is 3.88. The normalized spacial score (nSPS) is 17.6.